The van der Waals surface area contributed by atoms with Crippen molar-refractivity contribution in [1.29, 1.82) is 0 Å². The van der Waals surface area contributed by atoms with Gasteiger partial charge in [-0.1, -0.05) is 30.7 Å². The minimum Gasteiger partial charge on any atom is -0.496 e. The Kier molecular flexibility index (Phi) is 6.44. The number of hydrogen-bond donors (Lipinski definition) is 0. The summed E-state index contributed by atoms with van der Waals surface area (Å²) in [5, 5.41) is 1.35. The van der Waals surface area contributed by atoms with Gasteiger partial charge in [-0.2, -0.15) is 0 Å². The molecule has 3 nitrogen and oxygen atoms in total. The van der Waals surface area contributed by atoms with Gasteiger partial charge >= 0.3 is 0 Å². The second kappa shape index (κ2) is 8.33. The number of ether oxygens (including phenoxy) is 2. The highest BCUT2D eigenvalue weighted by Gasteiger charge is 2.14. The Balaban J connectivity index is 2.15. The van der Waals surface area contributed by atoms with Crippen molar-refractivity contribution in [2.45, 2.75) is 26.4 Å². The summed E-state index contributed by atoms with van der Waals surface area (Å²) in [6.07, 6.45) is 1.06. The highest BCUT2D eigenvalue weighted by molar-refractivity contribution is 7.66. The first-order valence-electron chi connectivity index (χ1n) is 7.45. The van der Waals surface area contributed by atoms with Crippen molar-refractivity contribution in [1.82, 2.24) is 0 Å². The Hall–Kier alpha value is -1.57. The summed E-state index contributed by atoms with van der Waals surface area (Å²) in [6.45, 7) is 4.07. The van der Waals surface area contributed by atoms with Crippen LogP contribution >= 0.6 is 20.2 Å². The van der Waals surface area contributed by atoms with Crippen LogP contribution in [0.15, 0.2) is 42.5 Å². The lowest BCUT2D eigenvalue weighted by Gasteiger charge is -2.14. The van der Waals surface area contributed by atoms with E-state index in [4.69, 9.17) is 21.1 Å². The Labute approximate surface area is 143 Å². The third-order valence-electron chi connectivity index (χ3n) is 3.45. The molecule has 2 aromatic carbocycles. The topological polar surface area (TPSA) is 35.5 Å². The van der Waals surface area contributed by atoms with Crippen LogP contribution in [0.2, 0.25) is 5.02 Å². The number of methoxy groups -OCH3 is 1. The van der Waals surface area contributed by atoms with Gasteiger partial charge < -0.3 is 9.47 Å². The van der Waals surface area contributed by atoms with E-state index in [1.807, 2.05) is 31.2 Å². The zero-order valence-electron chi connectivity index (χ0n) is 13.4. The minimum absolute atomic E-state index is 0.0000513. The number of carbonyl (C=O) groups is 1. The van der Waals surface area contributed by atoms with Crippen molar-refractivity contribution < 1.29 is 14.3 Å². The Morgan fingerprint density at radius 2 is 2.00 bits per heavy atom. The van der Waals surface area contributed by atoms with E-state index in [-0.39, 0.29) is 20.2 Å². The first kappa shape index (κ1) is 17.8. The van der Waals surface area contributed by atoms with Crippen LogP contribution in [0.1, 0.15) is 30.6 Å². The molecule has 0 amide bonds. The first-order chi connectivity index (χ1) is 11.0. The molecule has 2 unspecified atom stereocenters. The average Bonchev–Trinajstić information content (AvgIpc) is 2.57. The predicted molar refractivity (Wildman–Crippen MR) is 97.1 cm³/mol. The summed E-state index contributed by atoms with van der Waals surface area (Å²) in [6, 6.07) is 12.7. The molecule has 0 aliphatic rings. The zero-order chi connectivity index (χ0) is 16.8. The molecular weight excluding hydrogens is 331 g/mol. The van der Waals surface area contributed by atoms with E-state index in [2.05, 4.69) is 6.92 Å². The van der Waals surface area contributed by atoms with Crippen molar-refractivity contribution in [2.24, 2.45) is 0 Å². The zero-order valence-corrected chi connectivity index (χ0v) is 15.2. The third kappa shape index (κ3) is 4.70. The van der Waals surface area contributed by atoms with Crippen LogP contribution in [0.5, 0.6) is 11.5 Å². The fourth-order valence-corrected chi connectivity index (χ4v) is 3.26. The van der Waals surface area contributed by atoms with Gasteiger partial charge in [-0.15, -0.1) is 0 Å². The molecule has 0 bridgehead atoms. The molecule has 2 atom stereocenters. The summed E-state index contributed by atoms with van der Waals surface area (Å²) >= 11 is 6.30. The second-order valence-corrected chi connectivity index (χ2v) is 6.78. The molecule has 23 heavy (non-hydrogen) atoms. The molecule has 2 aromatic rings. The molecule has 0 heterocycles. The van der Waals surface area contributed by atoms with Crippen molar-refractivity contribution in [3.63, 3.8) is 0 Å². The van der Waals surface area contributed by atoms with Gasteiger partial charge in [0.25, 0.3) is 0 Å². The first-order valence-corrected chi connectivity index (χ1v) is 8.83. The summed E-state index contributed by atoms with van der Waals surface area (Å²) in [5.74, 6) is 1.31. The lowest BCUT2D eigenvalue weighted by atomic mass is 10.2. The Morgan fingerprint density at radius 1 is 1.26 bits per heavy atom. The van der Waals surface area contributed by atoms with Crippen LogP contribution in [0, 0.1) is 0 Å². The van der Waals surface area contributed by atoms with Gasteiger partial charge in [0.1, 0.15) is 11.5 Å². The fraction of sp³-hybridized carbons (Fsp3) is 0.278. The highest BCUT2D eigenvalue weighted by atomic mass is 35.5. The van der Waals surface area contributed by atoms with Gasteiger partial charge in [0.05, 0.1) is 23.8 Å². The number of hydrogen-bond acceptors (Lipinski definition) is 3. The normalized spacial score (nSPS) is 12.3. The number of halogens is 1. The highest BCUT2D eigenvalue weighted by Crippen LogP contribution is 2.29. The van der Waals surface area contributed by atoms with Crippen LogP contribution in [0.25, 0.3) is 0 Å². The van der Waals surface area contributed by atoms with Crippen molar-refractivity contribution in [3.05, 3.63) is 53.1 Å². The number of carbonyl (C=O) groups excluding carboxylic acids is 1. The Morgan fingerprint density at radius 3 is 2.65 bits per heavy atom. The summed E-state index contributed by atoms with van der Waals surface area (Å²) in [7, 11) is 1.50. The maximum Gasteiger partial charge on any atom is 0.189 e. The maximum atomic E-state index is 12.5. The fourth-order valence-electron chi connectivity index (χ4n) is 2.01. The molecule has 0 fully saturated rings. The molecule has 0 radical (unpaired) electrons. The van der Waals surface area contributed by atoms with Gasteiger partial charge in [-0.25, -0.2) is 0 Å². The van der Waals surface area contributed by atoms with E-state index in [1.54, 1.807) is 25.3 Å². The molecule has 5 heteroatoms. The third-order valence-corrected chi connectivity index (χ3v) is 5.13. The van der Waals surface area contributed by atoms with E-state index in [9.17, 15) is 4.79 Å². The standard InChI is InChI=1S/C18H20ClO3P/c1-4-12(2)22-13-9-10-17(15(19)11-13)23-18(20)14-7-5-6-8-16(14)21-3/h5-12,23H,4H2,1-3H3. The molecule has 0 saturated carbocycles. The molecule has 2 rings (SSSR count). The van der Waals surface area contributed by atoms with Crippen molar-refractivity contribution >= 4 is 31.0 Å². The van der Waals surface area contributed by atoms with E-state index >= 15 is 0 Å². The number of rotatable bonds is 7. The minimum atomic E-state index is -0.0599. The van der Waals surface area contributed by atoms with Crippen molar-refractivity contribution in [3.8, 4) is 11.5 Å². The lowest BCUT2D eigenvalue weighted by Crippen LogP contribution is -2.11. The largest absolute Gasteiger partial charge is 0.496 e. The Bertz CT molecular complexity index is 688. The van der Waals surface area contributed by atoms with E-state index < -0.39 is 0 Å². The average molecular weight is 351 g/mol. The van der Waals surface area contributed by atoms with Crippen LogP contribution < -0.4 is 14.8 Å². The maximum absolute atomic E-state index is 12.5. The monoisotopic (exact) mass is 350 g/mol. The van der Waals surface area contributed by atoms with Crippen LogP contribution in [0.3, 0.4) is 0 Å². The van der Waals surface area contributed by atoms with Crippen molar-refractivity contribution in [2.75, 3.05) is 7.11 Å². The predicted octanol–water partition coefficient (Wildman–Crippen LogP) is 4.67. The quantitative estimate of drug-likeness (QED) is 0.681. The van der Waals surface area contributed by atoms with E-state index in [0.717, 1.165) is 17.5 Å². The van der Waals surface area contributed by atoms with Crippen LogP contribution in [0.4, 0.5) is 0 Å². The smallest absolute Gasteiger partial charge is 0.189 e. The molecule has 0 aliphatic carbocycles. The molecule has 122 valence electrons. The van der Waals surface area contributed by atoms with Gasteiger partial charge in [0.2, 0.25) is 0 Å². The molecule has 0 aromatic heterocycles. The number of benzene rings is 2. The van der Waals surface area contributed by atoms with Gasteiger partial charge in [0, 0.05) is 0 Å². The van der Waals surface area contributed by atoms with Gasteiger partial charge in [0.15, 0.2) is 5.52 Å². The second-order valence-electron chi connectivity index (χ2n) is 5.13. The molecule has 0 N–H and O–H groups in total. The number of para-hydroxylation sites is 1. The summed E-state index contributed by atoms with van der Waals surface area (Å²) in [4.78, 5) is 12.5. The molecule has 0 saturated heterocycles. The van der Waals surface area contributed by atoms with E-state index in [0.29, 0.717) is 16.3 Å². The summed E-state index contributed by atoms with van der Waals surface area (Å²) in [5.41, 5.74) is 0.573. The van der Waals surface area contributed by atoms with Crippen LogP contribution in [-0.2, 0) is 0 Å². The van der Waals surface area contributed by atoms with Gasteiger partial charge in [-0.3, -0.25) is 4.79 Å². The molecular formula is C18H20ClO3P. The molecule has 0 aliphatic heterocycles. The SMILES string of the molecule is CCC(C)Oc1ccc(PC(=O)c2ccccc2OC)c(Cl)c1. The van der Waals surface area contributed by atoms with Gasteiger partial charge in [-0.05, 0) is 57.6 Å². The lowest BCUT2D eigenvalue weighted by molar-refractivity contribution is 0.108. The van der Waals surface area contributed by atoms with E-state index in [1.165, 1.54) is 0 Å². The molecule has 0 spiro atoms. The summed E-state index contributed by atoms with van der Waals surface area (Å²) < 4.78 is 11.0. The van der Waals surface area contributed by atoms with Crippen LogP contribution in [-0.4, -0.2) is 18.7 Å².